The van der Waals surface area contributed by atoms with Crippen LogP contribution in [0.1, 0.15) is 12.8 Å². The minimum Gasteiger partial charge on any atom is -0.367 e. The lowest BCUT2D eigenvalue weighted by Gasteiger charge is -2.11. The lowest BCUT2D eigenvalue weighted by molar-refractivity contribution is 0.781. The number of nitrogens with zero attached hydrogens (tertiary/aromatic N) is 1. The summed E-state index contributed by atoms with van der Waals surface area (Å²) in [7, 11) is 0. The van der Waals surface area contributed by atoms with Gasteiger partial charge in [-0.1, -0.05) is 18.2 Å². The molecule has 0 aromatic carbocycles. The van der Waals surface area contributed by atoms with Gasteiger partial charge in [-0.05, 0) is 25.0 Å². The lowest BCUT2D eigenvalue weighted by atomic mass is 10.2. The van der Waals surface area contributed by atoms with Crippen LogP contribution < -0.4 is 5.32 Å². The van der Waals surface area contributed by atoms with E-state index in [4.69, 9.17) is 0 Å². The Labute approximate surface area is 72.3 Å². The van der Waals surface area contributed by atoms with Gasteiger partial charge in [0.2, 0.25) is 0 Å². The smallest absolute Gasteiger partial charge is 0.126 e. The van der Waals surface area contributed by atoms with Gasteiger partial charge < -0.3 is 5.32 Å². The van der Waals surface area contributed by atoms with E-state index >= 15 is 0 Å². The lowest BCUT2D eigenvalue weighted by Crippen LogP contribution is -2.15. The molecule has 1 aromatic heterocycles. The van der Waals surface area contributed by atoms with E-state index in [1.54, 1.807) is 0 Å². The van der Waals surface area contributed by atoms with Gasteiger partial charge in [0, 0.05) is 12.2 Å². The molecular weight excluding hydrogens is 148 g/mol. The van der Waals surface area contributed by atoms with E-state index in [1.807, 2.05) is 24.4 Å². The van der Waals surface area contributed by atoms with Gasteiger partial charge in [-0.2, -0.15) is 0 Å². The van der Waals surface area contributed by atoms with E-state index in [-0.39, 0.29) is 0 Å². The summed E-state index contributed by atoms with van der Waals surface area (Å²) in [6.07, 6.45) is 8.47. The van der Waals surface area contributed by atoms with Crippen LogP contribution in [0.25, 0.3) is 0 Å². The molecule has 62 valence electrons. The average molecular weight is 160 g/mol. The second kappa shape index (κ2) is 3.39. The summed E-state index contributed by atoms with van der Waals surface area (Å²) in [5, 5.41) is 3.37. The van der Waals surface area contributed by atoms with Crippen molar-refractivity contribution in [3.05, 3.63) is 36.5 Å². The number of nitrogens with one attached hydrogen (secondary N) is 1. The number of pyridine rings is 1. The molecule has 1 aliphatic rings. The van der Waals surface area contributed by atoms with Gasteiger partial charge in [0.25, 0.3) is 0 Å². The normalized spacial score (nSPS) is 16.7. The van der Waals surface area contributed by atoms with Crippen LogP contribution in [0, 0.1) is 0 Å². The van der Waals surface area contributed by atoms with E-state index in [1.165, 1.54) is 0 Å². The van der Waals surface area contributed by atoms with Gasteiger partial charge in [-0.3, -0.25) is 0 Å². The summed E-state index contributed by atoms with van der Waals surface area (Å²) >= 11 is 0. The summed E-state index contributed by atoms with van der Waals surface area (Å²) in [6, 6.07) is 6.48. The molecule has 0 spiro atoms. The molecule has 1 aromatic rings. The quantitative estimate of drug-likeness (QED) is 0.671. The summed E-state index contributed by atoms with van der Waals surface area (Å²) < 4.78 is 0. The topological polar surface area (TPSA) is 24.9 Å². The monoisotopic (exact) mass is 160 g/mol. The minimum atomic E-state index is 0.555. The van der Waals surface area contributed by atoms with Crippen LogP contribution in [0.4, 0.5) is 5.82 Å². The molecule has 1 aliphatic carbocycles. The fourth-order valence-corrected chi connectivity index (χ4v) is 1.39. The highest BCUT2D eigenvalue weighted by Crippen LogP contribution is 2.14. The Bertz CT molecular complexity index is 258. The van der Waals surface area contributed by atoms with Crippen LogP contribution in [0.15, 0.2) is 36.5 Å². The summed E-state index contributed by atoms with van der Waals surface area (Å²) in [5.41, 5.74) is 0. The zero-order chi connectivity index (χ0) is 8.23. The Morgan fingerprint density at radius 2 is 2.08 bits per heavy atom. The first-order valence-electron chi connectivity index (χ1n) is 4.28. The molecule has 2 rings (SSSR count). The zero-order valence-electron chi connectivity index (χ0n) is 6.90. The highest BCUT2D eigenvalue weighted by molar-refractivity contribution is 5.35. The van der Waals surface area contributed by atoms with Crippen molar-refractivity contribution < 1.29 is 0 Å². The summed E-state index contributed by atoms with van der Waals surface area (Å²) in [4.78, 5) is 4.20. The predicted molar refractivity (Wildman–Crippen MR) is 50.0 cm³/mol. The molecule has 2 heteroatoms. The second-order valence-corrected chi connectivity index (χ2v) is 3.00. The fourth-order valence-electron chi connectivity index (χ4n) is 1.39. The molecule has 0 unspecified atom stereocenters. The number of aromatic nitrogens is 1. The Morgan fingerprint density at radius 1 is 1.25 bits per heavy atom. The van der Waals surface area contributed by atoms with Crippen molar-refractivity contribution in [3.63, 3.8) is 0 Å². The maximum Gasteiger partial charge on any atom is 0.126 e. The van der Waals surface area contributed by atoms with Crippen molar-refractivity contribution in [2.45, 2.75) is 18.9 Å². The van der Waals surface area contributed by atoms with E-state index in [9.17, 15) is 0 Å². The second-order valence-electron chi connectivity index (χ2n) is 3.00. The Hall–Kier alpha value is -1.31. The van der Waals surface area contributed by atoms with Crippen LogP contribution in [0.2, 0.25) is 0 Å². The molecule has 1 N–H and O–H groups in total. The van der Waals surface area contributed by atoms with E-state index in [0.29, 0.717) is 6.04 Å². The first-order valence-corrected chi connectivity index (χ1v) is 4.28. The van der Waals surface area contributed by atoms with Crippen molar-refractivity contribution in [3.8, 4) is 0 Å². The van der Waals surface area contributed by atoms with E-state index < -0.39 is 0 Å². The third kappa shape index (κ3) is 1.64. The molecular formula is C10H12N2. The number of rotatable bonds is 2. The van der Waals surface area contributed by atoms with E-state index in [2.05, 4.69) is 22.5 Å². The molecule has 0 radical (unpaired) electrons. The zero-order valence-corrected chi connectivity index (χ0v) is 6.90. The third-order valence-corrected chi connectivity index (χ3v) is 2.02. The van der Waals surface area contributed by atoms with Crippen molar-refractivity contribution >= 4 is 5.82 Å². The summed E-state index contributed by atoms with van der Waals surface area (Å²) in [5.74, 6) is 0.978. The predicted octanol–water partition coefficient (Wildman–Crippen LogP) is 2.21. The van der Waals surface area contributed by atoms with Crippen LogP contribution in [-0.2, 0) is 0 Å². The Balaban J connectivity index is 1.95. The molecule has 12 heavy (non-hydrogen) atoms. The maximum atomic E-state index is 4.20. The van der Waals surface area contributed by atoms with E-state index in [0.717, 1.165) is 18.7 Å². The summed E-state index contributed by atoms with van der Waals surface area (Å²) in [6.45, 7) is 0. The maximum absolute atomic E-state index is 4.20. The van der Waals surface area contributed by atoms with Gasteiger partial charge in [0.1, 0.15) is 5.82 Å². The largest absolute Gasteiger partial charge is 0.367 e. The van der Waals surface area contributed by atoms with Gasteiger partial charge >= 0.3 is 0 Å². The van der Waals surface area contributed by atoms with Crippen molar-refractivity contribution in [1.29, 1.82) is 0 Å². The van der Waals surface area contributed by atoms with Crippen LogP contribution in [0.3, 0.4) is 0 Å². The van der Waals surface area contributed by atoms with Gasteiger partial charge in [-0.15, -0.1) is 0 Å². The van der Waals surface area contributed by atoms with Crippen molar-refractivity contribution in [2.75, 3.05) is 5.32 Å². The van der Waals surface area contributed by atoms with Crippen molar-refractivity contribution in [1.82, 2.24) is 4.98 Å². The molecule has 0 fully saturated rings. The molecule has 0 bridgehead atoms. The first-order chi connectivity index (χ1) is 5.95. The highest BCUT2D eigenvalue weighted by Gasteiger charge is 2.08. The molecule has 0 atom stereocenters. The molecule has 0 aliphatic heterocycles. The molecule has 2 nitrogen and oxygen atoms in total. The fraction of sp³-hybridized carbons (Fsp3) is 0.300. The number of anilines is 1. The Kier molecular flexibility index (Phi) is 2.08. The minimum absolute atomic E-state index is 0.555. The third-order valence-electron chi connectivity index (χ3n) is 2.02. The standard InChI is InChI=1S/C10H12N2/c1-2-6-9(5-1)12-10-7-3-4-8-11-10/h1-4,7-9H,5-6H2,(H,11,12). The van der Waals surface area contributed by atoms with Crippen LogP contribution >= 0.6 is 0 Å². The van der Waals surface area contributed by atoms with Gasteiger partial charge in [0.05, 0.1) is 0 Å². The highest BCUT2D eigenvalue weighted by atomic mass is 15.0. The first kappa shape index (κ1) is 7.35. The van der Waals surface area contributed by atoms with Crippen molar-refractivity contribution in [2.24, 2.45) is 0 Å². The number of hydrogen-bond acceptors (Lipinski definition) is 2. The average Bonchev–Trinajstić information content (AvgIpc) is 2.59. The molecule has 0 saturated heterocycles. The van der Waals surface area contributed by atoms with Gasteiger partial charge in [0.15, 0.2) is 0 Å². The SMILES string of the molecule is C1=CCC(Nc2ccccn2)C1. The Morgan fingerprint density at radius 3 is 2.75 bits per heavy atom. The molecule has 1 heterocycles. The van der Waals surface area contributed by atoms with Crippen LogP contribution in [-0.4, -0.2) is 11.0 Å². The molecule has 0 amide bonds. The molecule has 0 saturated carbocycles. The van der Waals surface area contributed by atoms with Crippen LogP contribution in [0.5, 0.6) is 0 Å². The van der Waals surface area contributed by atoms with Gasteiger partial charge in [-0.25, -0.2) is 4.98 Å². The number of hydrogen-bond donors (Lipinski definition) is 1.